The highest BCUT2D eigenvalue weighted by Gasteiger charge is 2.28. The van der Waals surface area contributed by atoms with E-state index >= 15 is 0 Å². The van der Waals surface area contributed by atoms with Gasteiger partial charge in [-0.1, -0.05) is 31.5 Å². The molecule has 7 heteroatoms. The lowest BCUT2D eigenvalue weighted by Crippen LogP contribution is -2.27. The van der Waals surface area contributed by atoms with Gasteiger partial charge in [0.15, 0.2) is 0 Å². The molecule has 0 aromatic heterocycles. The van der Waals surface area contributed by atoms with E-state index in [1.165, 1.54) is 11.4 Å². The van der Waals surface area contributed by atoms with Crippen LogP contribution in [0, 0.1) is 13.8 Å². The fraction of sp³-hybridized carbons (Fsp3) is 0.533. The molecule has 1 aromatic rings. The number of urea groups is 1. The second kappa shape index (κ2) is 8.61. The summed E-state index contributed by atoms with van der Waals surface area (Å²) >= 11 is 1.18. The van der Waals surface area contributed by atoms with E-state index in [0.717, 1.165) is 17.5 Å². The average molecular weight is 344 g/mol. The highest BCUT2D eigenvalue weighted by molar-refractivity contribution is 8.56. The summed E-state index contributed by atoms with van der Waals surface area (Å²) in [4.78, 5) is 12.1. The molecule has 5 nitrogen and oxygen atoms in total. The van der Waals surface area contributed by atoms with E-state index in [9.17, 15) is 9.36 Å². The largest absolute Gasteiger partial charge is 0.354 e. The van der Waals surface area contributed by atoms with Gasteiger partial charge in [0.2, 0.25) is 0 Å². The van der Waals surface area contributed by atoms with E-state index < -0.39 is 12.8 Å². The molecule has 1 aromatic carbocycles. The van der Waals surface area contributed by atoms with Crippen LogP contribution in [0.2, 0.25) is 0 Å². The molecular formula is C15H25N2O3PS. The molecule has 22 heavy (non-hydrogen) atoms. The molecule has 0 radical (unpaired) electrons. The molecule has 0 aliphatic heterocycles. The molecule has 0 aliphatic rings. The van der Waals surface area contributed by atoms with E-state index in [1.54, 1.807) is 6.92 Å². The number of rotatable bonds is 7. The lowest BCUT2D eigenvalue weighted by Gasteiger charge is -2.21. The molecule has 2 N–H and O–H groups in total. The quantitative estimate of drug-likeness (QED) is 0.675. The highest BCUT2D eigenvalue weighted by Crippen LogP contribution is 2.58. The highest BCUT2D eigenvalue weighted by atomic mass is 32.7. The Morgan fingerprint density at radius 2 is 2.05 bits per heavy atom. The molecular weight excluding hydrogens is 319 g/mol. The fourth-order valence-electron chi connectivity index (χ4n) is 1.80. The number of carbonyl (C=O) groups excluding carboxylic acids is 1. The number of anilines is 1. The zero-order valence-corrected chi connectivity index (χ0v) is 15.5. The minimum absolute atomic E-state index is 0.138. The van der Waals surface area contributed by atoms with Crippen LogP contribution in [0.4, 0.5) is 10.5 Å². The molecule has 124 valence electrons. The number of benzene rings is 1. The fourth-order valence-corrected chi connectivity index (χ4v) is 6.02. The third-order valence-electron chi connectivity index (χ3n) is 3.06. The summed E-state index contributed by atoms with van der Waals surface area (Å²) in [7, 11) is 0. The first-order chi connectivity index (χ1) is 10.3. The number of amides is 2. The molecule has 2 atom stereocenters. The number of aryl methyl sites for hydroxylation is 2. The second-order valence-electron chi connectivity index (χ2n) is 5.12. The van der Waals surface area contributed by atoms with Crippen molar-refractivity contribution in [3.05, 3.63) is 29.3 Å². The summed E-state index contributed by atoms with van der Waals surface area (Å²) in [5, 5.41) is 5.36. The van der Waals surface area contributed by atoms with Crippen molar-refractivity contribution in [2.45, 2.75) is 46.3 Å². The Kier molecular flexibility index (Phi) is 7.46. The molecule has 1 rings (SSSR count). The van der Waals surface area contributed by atoms with Crippen molar-refractivity contribution < 1.29 is 13.9 Å². The Hall–Kier alpha value is -0.970. The van der Waals surface area contributed by atoms with Gasteiger partial charge in [-0.3, -0.25) is 9.65 Å². The van der Waals surface area contributed by atoms with E-state index in [1.807, 2.05) is 45.9 Å². The number of hydrogen-bond donors (Lipinski definition) is 2. The van der Waals surface area contributed by atoms with Crippen LogP contribution in [0.25, 0.3) is 0 Å². The van der Waals surface area contributed by atoms with Gasteiger partial charge >= 0.3 is 12.8 Å². The maximum atomic E-state index is 12.7. The number of hydrogen-bond acceptors (Lipinski definition) is 4. The average Bonchev–Trinajstić information content (AvgIpc) is 2.41. The van der Waals surface area contributed by atoms with Crippen molar-refractivity contribution in [3.8, 4) is 0 Å². The van der Waals surface area contributed by atoms with Gasteiger partial charge in [-0.2, -0.15) is 0 Å². The van der Waals surface area contributed by atoms with Crippen molar-refractivity contribution >= 4 is 29.8 Å². The predicted molar refractivity (Wildman–Crippen MR) is 94.6 cm³/mol. The van der Waals surface area contributed by atoms with Gasteiger partial charge in [0.05, 0.1) is 6.61 Å². The molecule has 0 bridgehead atoms. The van der Waals surface area contributed by atoms with Crippen LogP contribution >= 0.6 is 18.1 Å². The minimum Gasteiger partial charge on any atom is -0.307 e. The normalized spacial score (nSPS) is 15.0. The third kappa shape index (κ3) is 6.03. The van der Waals surface area contributed by atoms with Gasteiger partial charge < -0.3 is 9.84 Å². The lowest BCUT2D eigenvalue weighted by atomic mass is 10.1. The standard InChI is InChI=1S/C15H25N2O3PS/c1-6-13(5)22-21(19,20-7-2)17-15(18)16-14-9-8-11(3)10-12(14)4/h8-10,13H,6-7H2,1-5H3,(H2,16,17,18,19). The number of nitrogens with one attached hydrogen (secondary N) is 2. The van der Waals surface area contributed by atoms with Crippen molar-refractivity contribution in [1.82, 2.24) is 5.09 Å². The van der Waals surface area contributed by atoms with Crippen LogP contribution in [0.15, 0.2) is 18.2 Å². The molecule has 0 saturated carbocycles. The van der Waals surface area contributed by atoms with Gasteiger partial charge in [-0.25, -0.2) is 4.79 Å². The molecule has 2 amide bonds. The molecule has 2 unspecified atom stereocenters. The Morgan fingerprint density at radius 3 is 2.59 bits per heavy atom. The molecule has 0 aliphatic carbocycles. The van der Waals surface area contributed by atoms with Crippen LogP contribution in [0.3, 0.4) is 0 Å². The smallest absolute Gasteiger partial charge is 0.307 e. The molecule has 0 fully saturated rings. The van der Waals surface area contributed by atoms with Gasteiger partial charge in [-0.05, 0) is 50.2 Å². The van der Waals surface area contributed by atoms with Gasteiger partial charge in [0, 0.05) is 10.9 Å². The zero-order chi connectivity index (χ0) is 16.8. The van der Waals surface area contributed by atoms with Crippen LogP contribution in [-0.2, 0) is 9.09 Å². The number of carbonyl (C=O) groups is 1. The summed E-state index contributed by atoms with van der Waals surface area (Å²) in [5.41, 5.74) is 2.77. The van der Waals surface area contributed by atoms with Crippen molar-refractivity contribution in [1.29, 1.82) is 0 Å². The first-order valence-corrected chi connectivity index (χ1v) is 10.5. The summed E-state index contributed by atoms with van der Waals surface area (Å²) in [5.74, 6) is 0. The van der Waals surface area contributed by atoms with E-state index in [2.05, 4.69) is 10.4 Å². The van der Waals surface area contributed by atoms with E-state index in [-0.39, 0.29) is 11.9 Å². The summed E-state index contributed by atoms with van der Waals surface area (Å²) in [6.45, 7) is 6.65. The summed E-state index contributed by atoms with van der Waals surface area (Å²) in [6.07, 6.45) is 0.849. The van der Waals surface area contributed by atoms with Crippen molar-refractivity contribution in [3.63, 3.8) is 0 Å². The van der Waals surface area contributed by atoms with Crippen LogP contribution < -0.4 is 10.4 Å². The van der Waals surface area contributed by atoms with Gasteiger partial charge in [-0.15, -0.1) is 0 Å². The van der Waals surface area contributed by atoms with Crippen molar-refractivity contribution in [2.24, 2.45) is 0 Å². The van der Waals surface area contributed by atoms with Crippen LogP contribution in [-0.4, -0.2) is 17.9 Å². The second-order valence-corrected chi connectivity index (χ2v) is 9.69. The topological polar surface area (TPSA) is 67.4 Å². The molecule has 0 spiro atoms. The SMILES string of the molecule is CCOP(=O)(NC(=O)Nc1ccc(C)cc1C)SC(C)CC. The van der Waals surface area contributed by atoms with Crippen molar-refractivity contribution in [2.75, 3.05) is 11.9 Å². The molecule has 0 heterocycles. The molecule has 0 saturated heterocycles. The van der Waals surface area contributed by atoms with Crippen LogP contribution in [0.5, 0.6) is 0 Å². The lowest BCUT2D eigenvalue weighted by molar-refractivity contribution is 0.254. The summed E-state index contributed by atoms with van der Waals surface area (Å²) in [6, 6.07) is 5.21. The first kappa shape index (κ1) is 19.1. The maximum Gasteiger partial charge on any atom is 0.354 e. The Labute approximate surface area is 136 Å². The summed E-state index contributed by atoms with van der Waals surface area (Å²) < 4.78 is 18.0. The van der Waals surface area contributed by atoms with Crippen LogP contribution in [0.1, 0.15) is 38.3 Å². The maximum absolute atomic E-state index is 12.7. The Bertz CT molecular complexity index is 566. The van der Waals surface area contributed by atoms with Gasteiger partial charge in [0.1, 0.15) is 0 Å². The minimum atomic E-state index is -3.26. The predicted octanol–water partition coefficient (Wildman–Crippen LogP) is 5.10. The van der Waals surface area contributed by atoms with Gasteiger partial charge in [0.25, 0.3) is 0 Å². The van der Waals surface area contributed by atoms with E-state index in [0.29, 0.717) is 5.69 Å². The third-order valence-corrected chi connectivity index (χ3v) is 7.61. The zero-order valence-electron chi connectivity index (χ0n) is 13.8. The Morgan fingerprint density at radius 1 is 1.36 bits per heavy atom. The first-order valence-electron chi connectivity index (χ1n) is 7.39. The van der Waals surface area contributed by atoms with E-state index in [4.69, 9.17) is 4.52 Å². The Balaban J connectivity index is 2.76. The monoisotopic (exact) mass is 344 g/mol.